The van der Waals surface area contributed by atoms with E-state index >= 15 is 0 Å². The lowest BCUT2D eigenvalue weighted by atomic mass is 10.0. The number of ketones is 1. The molecule has 0 aliphatic carbocycles. The van der Waals surface area contributed by atoms with Crippen molar-refractivity contribution in [3.8, 4) is 0 Å². The molecule has 0 heterocycles. The summed E-state index contributed by atoms with van der Waals surface area (Å²) in [6, 6.07) is -0.352. The maximum Gasteiger partial charge on any atom is 0.217 e. The molecule has 1 N–H and O–H groups in total. The van der Waals surface area contributed by atoms with Crippen LogP contribution < -0.4 is 5.32 Å². The zero-order chi connectivity index (χ0) is 12.8. The lowest BCUT2D eigenvalue weighted by molar-refractivity contribution is -0.125. The van der Waals surface area contributed by atoms with Gasteiger partial charge in [-0.2, -0.15) is 0 Å². The summed E-state index contributed by atoms with van der Waals surface area (Å²) in [5.41, 5.74) is 0.289. The fourth-order valence-electron chi connectivity index (χ4n) is 0.841. The van der Waals surface area contributed by atoms with E-state index in [9.17, 15) is 9.59 Å². The van der Waals surface area contributed by atoms with Crippen LogP contribution in [-0.4, -0.2) is 29.2 Å². The SMILES string of the molecule is CC(=O)N[C@@H](CSSCC(C)(C)C)C(C)=O. The molecule has 0 fully saturated rings. The van der Waals surface area contributed by atoms with Gasteiger partial charge in [-0.3, -0.25) is 9.59 Å². The molecular weight excluding hydrogens is 242 g/mol. The van der Waals surface area contributed by atoms with Gasteiger partial charge in [-0.05, 0) is 12.3 Å². The Morgan fingerprint density at radius 1 is 1.19 bits per heavy atom. The first-order valence-corrected chi connectivity index (χ1v) is 7.73. The van der Waals surface area contributed by atoms with Gasteiger partial charge in [0.15, 0.2) is 5.78 Å². The van der Waals surface area contributed by atoms with Crippen molar-refractivity contribution >= 4 is 33.3 Å². The molecular formula is C11H21NO2S2. The van der Waals surface area contributed by atoms with Gasteiger partial charge in [-0.1, -0.05) is 42.4 Å². The molecule has 0 bridgehead atoms. The molecule has 16 heavy (non-hydrogen) atoms. The minimum atomic E-state index is -0.352. The number of carbonyl (C=O) groups is 2. The van der Waals surface area contributed by atoms with Crippen LogP contribution in [0.15, 0.2) is 0 Å². The fourth-order valence-corrected chi connectivity index (χ4v) is 3.84. The Kier molecular flexibility index (Phi) is 7.15. The molecule has 0 aliphatic heterocycles. The van der Waals surface area contributed by atoms with Gasteiger partial charge in [0.1, 0.15) is 0 Å². The van der Waals surface area contributed by atoms with Crippen LogP contribution in [0.3, 0.4) is 0 Å². The fraction of sp³-hybridized carbons (Fsp3) is 0.818. The average Bonchev–Trinajstić information content (AvgIpc) is 2.07. The second-order valence-electron chi connectivity index (χ2n) is 4.97. The number of hydrogen-bond acceptors (Lipinski definition) is 4. The van der Waals surface area contributed by atoms with E-state index in [1.807, 2.05) is 0 Å². The van der Waals surface area contributed by atoms with E-state index in [0.29, 0.717) is 5.75 Å². The van der Waals surface area contributed by atoms with Crippen LogP contribution in [0, 0.1) is 5.41 Å². The first-order valence-electron chi connectivity index (χ1n) is 5.24. The lowest BCUT2D eigenvalue weighted by Gasteiger charge is -2.18. The molecule has 0 saturated heterocycles. The summed E-state index contributed by atoms with van der Waals surface area (Å²) >= 11 is 0. The monoisotopic (exact) mass is 263 g/mol. The molecule has 1 amide bonds. The van der Waals surface area contributed by atoms with Crippen LogP contribution in [0.4, 0.5) is 0 Å². The van der Waals surface area contributed by atoms with Gasteiger partial charge >= 0.3 is 0 Å². The predicted molar refractivity (Wildman–Crippen MR) is 72.7 cm³/mol. The van der Waals surface area contributed by atoms with Gasteiger partial charge in [-0.15, -0.1) is 0 Å². The van der Waals surface area contributed by atoms with E-state index in [-0.39, 0.29) is 23.1 Å². The number of amides is 1. The van der Waals surface area contributed by atoms with Crippen molar-refractivity contribution in [2.24, 2.45) is 5.41 Å². The molecule has 5 heteroatoms. The summed E-state index contributed by atoms with van der Waals surface area (Å²) in [4.78, 5) is 22.1. The Morgan fingerprint density at radius 2 is 1.75 bits per heavy atom. The van der Waals surface area contributed by atoms with Crippen molar-refractivity contribution in [3.05, 3.63) is 0 Å². The Hall–Kier alpha value is -0.160. The largest absolute Gasteiger partial charge is 0.346 e. The molecule has 0 aromatic rings. The second kappa shape index (κ2) is 7.22. The molecule has 0 saturated carbocycles. The van der Waals surface area contributed by atoms with Crippen LogP contribution in [0.2, 0.25) is 0 Å². The van der Waals surface area contributed by atoms with Gasteiger partial charge in [0.05, 0.1) is 6.04 Å². The van der Waals surface area contributed by atoms with Gasteiger partial charge in [0.25, 0.3) is 0 Å². The van der Waals surface area contributed by atoms with E-state index < -0.39 is 0 Å². The third-order valence-corrected chi connectivity index (χ3v) is 4.56. The maximum absolute atomic E-state index is 11.2. The Balaban J connectivity index is 3.86. The molecule has 3 nitrogen and oxygen atoms in total. The third kappa shape index (κ3) is 9.09. The van der Waals surface area contributed by atoms with Crippen LogP contribution in [-0.2, 0) is 9.59 Å². The number of rotatable bonds is 6. The molecule has 0 aromatic carbocycles. The van der Waals surface area contributed by atoms with Crippen molar-refractivity contribution in [3.63, 3.8) is 0 Å². The van der Waals surface area contributed by atoms with Crippen molar-refractivity contribution < 1.29 is 9.59 Å². The topological polar surface area (TPSA) is 46.2 Å². The lowest BCUT2D eigenvalue weighted by Crippen LogP contribution is -2.40. The highest BCUT2D eigenvalue weighted by Gasteiger charge is 2.16. The van der Waals surface area contributed by atoms with Gasteiger partial charge in [-0.25, -0.2) is 0 Å². The molecule has 0 unspecified atom stereocenters. The van der Waals surface area contributed by atoms with E-state index in [4.69, 9.17) is 0 Å². The highest BCUT2D eigenvalue weighted by molar-refractivity contribution is 8.76. The van der Waals surface area contributed by atoms with E-state index in [1.165, 1.54) is 13.8 Å². The molecule has 94 valence electrons. The number of Topliss-reactive ketones (excluding diaryl/α,β-unsaturated/α-hetero) is 1. The molecule has 0 spiro atoms. The molecule has 0 aliphatic rings. The smallest absolute Gasteiger partial charge is 0.217 e. The van der Waals surface area contributed by atoms with Crippen molar-refractivity contribution in [1.82, 2.24) is 5.32 Å². The zero-order valence-corrected chi connectivity index (χ0v) is 12.3. The van der Waals surface area contributed by atoms with Crippen LogP contribution in [0.5, 0.6) is 0 Å². The van der Waals surface area contributed by atoms with Crippen LogP contribution in [0.25, 0.3) is 0 Å². The van der Waals surface area contributed by atoms with Gasteiger partial charge in [0, 0.05) is 18.4 Å². The second-order valence-corrected chi connectivity index (χ2v) is 7.48. The highest BCUT2D eigenvalue weighted by Crippen LogP contribution is 2.29. The Morgan fingerprint density at radius 3 is 2.12 bits per heavy atom. The summed E-state index contributed by atoms with van der Waals surface area (Å²) in [6.07, 6.45) is 0. The quantitative estimate of drug-likeness (QED) is 0.591. The summed E-state index contributed by atoms with van der Waals surface area (Å²) in [6.45, 7) is 9.48. The standard InChI is InChI=1S/C11H21NO2S2/c1-8(13)10(12-9(2)14)6-15-16-7-11(3,4)5/h10H,6-7H2,1-5H3,(H,12,14)/t10-/m0/s1. The van der Waals surface area contributed by atoms with Crippen molar-refractivity contribution in [2.45, 2.75) is 40.7 Å². The minimum absolute atomic E-state index is 0.0130. The van der Waals surface area contributed by atoms with Crippen molar-refractivity contribution in [2.75, 3.05) is 11.5 Å². The van der Waals surface area contributed by atoms with Crippen LogP contribution in [0.1, 0.15) is 34.6 Å². The average molecular weight is 263 g/mol. The molecule has 0 aromatic heterocycles. The first kappa shape index (κ1) is 15.8. The minimum Gasteiger partial charge on any atom is -0.346 e. The summed E-state index contributed by atoms with van der Waals surface area (Å²) in [5, 5.41) is 2.65. The number of hydrogen-bond donors (Lipinski definition) is 1. The normalized spacial score (nSPS) is 13.3. The number of nitrogens with one attached hydrogen (secondary N) is 1. The zero-order valence-electron chi connectivity index (χ0n) is 10.6. The summed E-state index contributed by atoms with van der Waals surface area (Å²) < 4.78 is 0. The Bertz CT molecular complexity index is 249. The van der Waals surface area contributed by atoms with Gasteiger partial charge in [0.2, 0.25) is 5.91 Å². The van der Waals surface area contributed by atoms with E-state index in [2.05, 4.69) is 26.1 Å². The van der Waals surface area contributed by atoms with Gasteiger partial charge < -0.3 is 5.32 Å². The van der Waals surface area contributed by atoms with E-state index in [1.54, 1.807) is 21.6 Å². The summed E-state index contributed by atoms with van der Waals surface area (Å²) in [5.74, 6) is 1.53. The highest BCUT2D eigenvalue weighted by atomic mass is 33.1. The maximum atomic E-state index is 11.2. The third-order valence-electron chi connectivity index (χ3n) is 1.68. The summed E-state index contributed by atoms with van der Waals surface area (Å²) in [7, 11) is 3.39. The molecule has 0 radical (unpaired) electrons. The number of carbonyl (C=O) groups excluding carboxylic acids is 2. The molecule has 1 atom stereocenters. The van der Waals surface area contributed by atoms with Crippen molar-refractivity contribution in [1.29, 1.82) is 0 Å². The van der Waals surface area contributed by atoms with E-state index in [0.717, 1.165) is 5.75 Å². The predicted octanol–water partition coefficient (Wildman–Crippen LogP) is 2.51. The first-order chi connectivity index (χ1) is 7.22. The molecule has 0 rings (SSSR count). The van der Waals surface area contributed by atoms with Crippen LogP contribution >= 0.6 is 21.6 Å². The Labute approximate surface area is 106 Å².